The molecular formula is C20H24O3. The van der Waals surface area contributed by atoms with Crippen LogP contribution in [0.2, 0.25) is 0 Å². The zero-order valence-corrected chi connectivity index (χ0v) is 13.6. The molecule has 3 heteroatoms. The van der Waals surface area contributed by atoms with Gasteiger partial charge < -0.3 is 9.52 Å². The molecule has 1 aromatic rings. The van der Waals surface area contributed by atoms with Crippen molar-refractivity contribution in [2.75, 3.05) is 0 Å². The number of carboxylic acids is 1. The molecule has 1 N–H and O–H groups in total. The van der Waals surface area contributed by atoms with Gasteiger partial charge >= 0.3 is 5.97 Å². The first-order valence-electron chi connectivity index (χ1n) is 9.03. The van der Waals surface area contributed by atoms with Gasteiger partial charge in [-0.05, 0) is 79.3 Å². The van der Waals surface area contributed by atoms with Crippen LogP contribution in [0.1, 0.15) is 62.7 Å². The molecule has 5 rings (SSSR count). The van der Waals surface area contributed by atoms with Crippen LogP contribution in [-0.4, -0.2) is 11.1 Å². The second-order valence-electron chi connectivity index (χ2n) is 8.64. The molecule has 0 amide bonds. The first-order valence-corrected chi connectivity index (χ1v) is 9.03. The Morgan fingerprint density at radius 1 is 1.30 bits per heavy atom. The van der Waals surface area contributed by atoms with Crippen LogP contribution in [0.5, 0.6) is 0 Å². The van der Waals surface area contributed by atoms with Gasteiger partial charge in [-0.15, -0.1) is 0 Å². The SMILES string of the molecule is C[C@@]12C=Cc3occc3[C@H]1CC[C@]13CC(C(=O)O)[C@H](CC[C@H]12)C3. The third-order valence-corrected chi connectivity index (χ3v) is 7.88. The van der Waals surface area contributed by atoms with E-state index in [9.17, 15) is 9.90 Å². The standard InChI is InChI=1S/C20H24O3/c1-19-7-5-16-13(6-9-23-16)15(19)4-8-20-10-12(2-3-17(19)20)14(11-20)18(21)22/h5-7,9,12,14-15,17H,2-4,8,10-11H2,1H3,(H,21,22)/t12-,14?,15-,17+,19-,20+/m1/s1. The number of furan rings is 1. The maximum atomic E-state index is 11.7. The lowest BCUT2D eigenvalue weighted by atomic mass is 9.46. The molecule has 1 heterocycles. The highest BCUT2D eigenvalue weighted by Crippen LogP contribution is 2.70. The van der Waals surface area contributed by atoms with Gasteiger partial charge in [0.2, 0.25) is 0 Å². The molecule has 23 heavy (non-hydrogen) atoms. The fraction of sp³-hybridized carbons (Fsp3) is 0.650. The average molecular weight is 312 g/mol. The van der Waals surface area contributed by atoms with E-state index in [4.69, 9.17) is 4.42 Å². The van der Waals surface area contributed by atoms with Crippen molar-refractivity contribution >= 4 is 12.0 Å². The molecule has 4 aliphatic rings. The summed E-state index contributed by atoms with van der Waals surface area (Å²) in [5.41, 5.74) is 1.80. The highest BCUT2D eigenvalue weighted by molar-refractivity contribution is 5.71. The minimum Gasteiger partial charge on any atom is -0.481 e. The Labute approximate surface area is 136 Å². The Hall–Kier alpha value is -1.51. The summed E-state index contributed by atoms with van der Waals surface area (Å²) in [4.78, 5) is 11.7. The lowest BCUT2D eigenvalue weighted by Gasteiger charge is -2.58. The molecule has 0 radical (unpaired) electrons. The summed E-state index contributed by atoms with van der Waals surface area (Å²) in [6, 6.07) is 2.15. The van der Waals surface area contributed by atoms with Gasteiger partial charge in [0.15, 0.2) is 0 Å². The molecular weight excluding hydrogens is 288 g/mol. The zero-order chi connectivity index (χ0) is 15.8. The lowest BCUT2D eigenvalue weighted by molar-refractivity contribution is -0.143. The Balaban J connectivity index is 1.57. The summed E-state index contributed by atoms with van der Waals surface area (Å²) in [7, 11) is 0. The number of aliphatic carboxylic acids is 1. The van der Waals surface area contributed by atoms with Gasteiger partial charge in [-0.1, -0.05) is 13.0 Å². The van der Waals surface area contributed by atoms with E-state index in [1.807, 2.05) is 6.26 Å². The van der Waals surface area contributed by atoms with Crippen LogP contribution in [0.25, 0.3) is 6.08 Å². The van der Waals surface area contributed by atoms with Crippen molar-refractivity contribution in [1.82, 2.24) is 0 Å². The van der Waals surface area contributed by atoms with Crippen LogP contribution in [0.15, 0.2) is 22.8 Å². The highest BCUT2D eigenvalue weighted by Gasteiger charge is 2.62. The topological polar surface area (TPSA) is 50.4 Å². The normalized spacial score (nSPS) is 46.8. The Bertz CT molecular complexity index is 701. The predicted molar refractivity (Wildman–Crippen MR) is 86.8 cm³/mol. The summed E-state index contributed by atoms with van der Waals surface area (Å²) in [6.45, 7) is 2.42. The van der Waals surface area contributed by atoms with Crippen molar-refractivity contribution in [3.8, 4) is 0 Å². The quantitative estimate of drug-likeness (QED) is 0.818. The summed E-state index contributed by atoms with van der Waals surface area (Å²) in [6.07, 6.45) is 13.1. The minimum atomic E-state index is -0.559. The summed E-state index contributed by atoms with van der Waals surface area (Å²) in [5.74, 6) is 1.95. The summed E-state index contributed by atoms with van der Waals surface area (Å²) >= 11 is 0. The maximum Gasteiger partial charge on any atom is 0.306 e. The smallest absolute Gasteiger partial charge is 0.306 e. The van der Waals surface area contributed by atoms with Crippen molar-refractivity contribution < 1.29 is 14.3 Å². The summed E-state index contributed by atoms with van der Waals surface area (Å²) in [5, 5.41) is 9.62. The molecule has 0 aliphatic heterocycles. The zero-order valence-electron chi connectivity index (χ0n) is 13.6. The Kier molecular flexibility index (Phi) is 2.60. The number of allylic oxidation sites excluding steroid dienone is 1. The van der Waals surface area contributed by atoms with Gasteiger partial charge in [-0.25, -0.2) is 0 Å². The number of hydrogen-bond donors (Lipinski definition) is 1. The van der Waals surface area contributed by atoms with Crippen molar-refractivity contribution in [3.63, 3.8) is 0 Å². The molecule has 1 spiro atoms. The molecule has 4 aliphatic carbocycles. The molecule has 122 valence electrons. The second kappa shape index (κ2) is 4.31. The third kappa shape index (κ3) is 1.63. The molecule has 0 aromatic carbocycles. The van der Waals surface area contributed by atoms with Crippen LogP contribution >= 0.6 is 0 Å². The van der Waals surface area contributed by atoms with E-state index in [-0.39, 0.29) is 16.7 Å². The van der Waals surface area contributed by atoms with E-state index in [0.717, 1.165) is 25.0 Å². The van der Waals surface area contributed by atoms with Crippen LogP contribution in [0, 0.1) is 28.6 Å². The Morgan fingerprint density at radius 2 is 2.17 bits per heavy atom. The van der Waals surface area contributed by atoms with Gasteiger partial charge in [0.25, 0.3) is 0 Å². The van der Waals surface area contributed by atoms with Crippen molar-refractivity contribution in [2.24, 2.45) is 28.6 Å². The number of carbonyl (C=O) groups is 1. The molecule has 3 fully saturated rings. The van der Waals surface area contributed by atoms with Crippen LogP contribution in [-0.2, 0) is 4.79 Å². The van der Waals surface area contributed by atoms with Crippen molar-refractivity contribution in [3.05, 3.63) is 29.7 Å². The molecule has 0 saturated heterocycles. The molecule has 3 saturated carbocycles. The van der Waals surface area contributed by atoms with E-state index in [1.54, 1.807) is 0 Å². The predicted octanol–water partition coefficient (Wildman–Crippen LogP) is 4.70. The molecule has 3 nitrogen and oxygen atoms in total. The van der Waals surface area contributed by atoms with E-state index >= 15 is 0 Å². The first-order chi connectivity index (χ1) is 11.0. The van der Waals surface area contributed by atoms with E-state index in [1.165, 1.54) is 24.8 Å². The van der Waals surface area contributed by atoms with Gasteiger partial charge in [0.1, 0.15) is 5.76 Å². The molecule has 2 bridgehead atoms. The number of rotatable bonds is 1. The number of fused-ring (bicyclic) bond motifs is 5. The van der Waals surface area contributed by atoms with E-state index in [0.29, 0.717) is 17.8 Å². The molecule has 1 unspecified atom stereocenters. The largest absolute Gasteiger partial charge is 0.481 e. The highest BCUT2D eigenvalue weighted by atomic mass is 16.4. The monoisotopic (exact) mass is 312 g/mol. The molecule has 6 atom stereocenters. The minimum absolute atomic E-state index is 0.0998. The number of hydrogen-bond acceptors (Lipinski definition) is 2. The van der Waals surface area contributed by atoms with Gasteiger partial charge in [0, 0.05) is 5.56 Å². The maximum absolute atomic E-state index is 11.7. The van der Waals surface area contributed by atoms with E-state index < -0.39 is 5.97 Å². The summed E-state index contributed by atoms with van der Waals surface area (Å²) < 4.78 is 5.63. The average Bonchev–Trinajstić information content (AvgIpc) is 3.09. The van der Waals surface area contributed by atoms with E-state index in [2.05, 4.69) is 25.1 Å². The van der Waals surface area contributed by atoms with Gasteiger partial charge in [0.05, 0.1) is 12.2 Å². The molecule has 1 aromatic heterocycles. The van der Waals surface area contributed by atoms with Crippen molar-refractivity contribution in [1.29, 1.82) is 0 Å². The van der Waals surface area contributed by atoms with Crippen LogP contribution in [0.3, 0.4) is 0 Å². The lowest BCUT2D eigenvalue weighted by Crippen LogP contribution is -2.49. The van der Waals surface area contributed by atoms with Crippen LogP contribution < -0.4 is 0 Å². The first kappa shape index (κ1) is 13.9. The number of carboxylic acid groups (broad SMARTS) is 1. The third-order valence-electron chi connectivity index (χ3n) is 7.88. The van der Waals surface area contributed by atoms with Crippen LogP contribution in [0.4, 0.5) is 0 Å². The van der Waals surface area contributed by atoms with Gasteiger partial charge in [-0.2, -0.15) is 0 Å². The fourth-order valence-electron chi connectivity index (χ4n) is 6.98. The van der Waals surface area contributed by atoms with Gasteiger partial charge in [-0.3, -0.25) is 4.79 Å². The van der Waals surface area contributed by atoms with Crippen molar-refractivity contribution in [2.45, 2.75) is 51.4 Å². The second-order valence-corrected chi connectivity index (χ2v) is 8.64. The fourth-order valence-corrected chi connectivity index (χ4v) is 6.98. The Morgan fingerprint density at radius 3 is 3.00 bits per heavy atom.